The number of rotatable bonds is 5. The summed E-state index contributed by atoms with van der Waals surface area (Å²) in [5.41, 5.74) is 0. The number of amides is 2. The summed E-state index contributed by atoms with van der Waals surface area (Å²) >= 11 is 0. The van der Waals surface area contributed by atoms with E-state index in [1.165, 1.54) is 19.3 Å². The second-order valence-electron chi connectivity index (χ2n) is 4.77. The Morgan fingerprint density at radius 1 is 1.38 bits per heavy atom. The third kappa shape index (κ3) is 3.60. The van der Waals surface area contributed by atoms with Crippen LogP contribution in [0.1, 0.15) is 17.5 Å². The van der Waals surface area contributed by atoms with Crippen molar-refractivity contribution in [2.75, 3.05) is 13.2 Å². The number of carboxylic acid groups (broad SMARTS) is 1. The Kier molecular flexibility index (Phi) is 4.59. The normalized spacial score (nSPS) is 22.5. The van der Waals surface area contributed by atoms with Crippen molar-refractivity contribution in [3.8, 4) is 0 Å². The monoisotopic (exact) mass is 296 g/mol. The van der Waals surface area contributed by atoms with Crippen LogP contribution in [0.4, 0.5) is 0 Å². The molecule has 2 heterocycles. The van der Waals surface area contributed by atoms with Crippen molar-refractivity contribution in [2.24, 2.45) is 5.92 Å². The number of hydrogen-bond donors (Lipinski definition) is 3. The van der Waals surface area contributed by atoms with Crippen LogP contribution in [0.5, 0.6) is 0 Å². The maximum absolute atomic E-state index is 12.0. The van der Waals surface area contributed by atoms with Crippen molar-refractivity contribution in [3.05, 3.63) is 24.2 Å². The molecule has 1 aromatic rings. The minimum Gasteiger partial charge on any atom is -0.481 e. The molecule has 0 aliphatic carbocycles. The first-order valence-electron chi connectivity index (χ1n) is 6.44. The lowest BCUT2D eigenvalue weighted by molar-refractivity contribution is -0.142. The molecule has 0 radical (unpaired) electrons. The zero-order valence-electron chi connectivity index (χ0n) is 11.4. The molecule has 8 nitrogen and oxygen atoms in total. The molecule has 3 N–H and O–H groups in total. The van der Waals surface area contributed by atoms with Crippen LogP contribution in [0.15, 0.2) is 22.8 Å². The smallest absolute Gasteiger partial charge is 0.311 e. The van der Waals surface area contributed by atoms with Gasteiger partial charge in [0.05, 0.1) is 25.5 Å². The predicted molar refractivity (Wildman–Crippen MR) is 69.5 cm³/mol. The number of carboxylic acids is 1. The highest BCUT2D eigenvalue weighted by Crippen LogP contribution is 2.14. The van der Waals surface area contributed by atoms with Crippen molar-refractivity contribution in [3.63, 3.8) is 0 Å². The van der Waals surface area contributed by atoms with Crippen molar-refractivity contribution >= 4 is 17.8 Å². The summed E-state index contributed by atoms with van der Waals surface area (Å²) in [5, 5.41) is 14.0. The molecule has 1 aliphatic rings. The molecule has 3 unspecified atom stereocenters. The second kappa shape index (κ2) is 6.40. The summed E-state index contributed by atoms with van der Waals surface area (Å²) in [4.78, 5) is 34.7. The van der Waals surface area contributed by atoms with Gasteiger partial charge in [0.2, 0.25) is 5.91 Å². The number of furan rings is 1. The summed E-state index contributed by atoms with van der Waals surface area (Å²) < 4.78 is 9.97. The van der Waals surface area contributed by atoms with E-state index in [1.54, 1.807) is 6.07 Å². The highest BCUT2D eigenvalue weighted by Gasteiger charge is 2.35. The van der Waals surface area contributed by atoms with Crippen molar-refractivity contribution in [1.29, 1.82) is 0 Å². The molecule has 0 saturated carbocycles. The summed E-state index contributed by atoms with van der Waals surface area (Å²) in [6, 6.07) is 1.62. The molecule has 21 heavy (non-hydrogen) atoms. The van der Waals surface area contributed by atoms with E-state index in [4.69, 9.17) is 14.3 Å². The second-order valence-corrected chi connectivity index (χ2v) is 4.77. The lowest BCUT2D eigenvalue weighted by Crippen LogP contribution is -2.51. The molecular weight excluding hydrogens is 280 g/mol. The van der Waals surface area contributed by atoms with Crippen LogP contribution < -0.4 is 10.6 Å². The van der Waals surface area contributed by atoms with Gasteiger partial charge in [0.15, 0.2) is 5.76 Å². The Bertz CT molecular complexity index is 527. The van der Waals surface area contributed by atoms with Gasteiger partial charge in [-0.1, -0.05) is 0 Å². The van der Waals surface area contributed by atoms with E-state index in [9.17, 15) is 14.4 Å². The average Bonchev–Trinajstić information content (AvgIpc) is 3.09. The van der Waals surface area contributed by atoms with Crippen molar-refractivity contribution in [1.82, 2.24) is 10.6 Å². The Hall–Kier alpha value is -2.35. The first-order chi connectivity index (χ1) is 9.99. The van der Waals surface area contributed by atoms with E-state index in [1.807, 2.05) is 0 Å². The van der Waals surface area contributed by atoms with E-state index < -0.39 is 35.8 Å². The van der Waals surface area contributed by atoms with Gasteiger partial charge in [0.25, 0.3) is 5.91 Å². The number of hydrogen-bond acceptors (Lipinski definition) is 5. The standard InChI is InChI=1S/C13H16N2O6/c1-7(14-12(17)10-3-2-4-21-10)11(16)15-9-6-20-5-8(9)13(18)19/h2-4,7-9H,5-6H2,1H3,(H,14,17)(H,15,16)(H,18,19). The largest absolute Gasteiger partial charge is 0.481 e. The third-order valence-electron chi connectivity index (χ3n) is 3.21. The summed E-state index contributed by atoms with van der Waals surface area (Å²) in [6.45, 7) is 1.71. The van der Waals surface area contributed by atoms with Crippen LogP contribution in [0.2, 0.25) is 0 Å². The number of aliphatic carboxylic acids is 1. The van der Waals surface area contributed by atoms with Gasteiger partial charge < -0.3 is 24.9 Å². The lowest BCUT2D eigenvalue weighted by Gasteiger charge is -2.19. The molecule has 1 fully saturated rings. The molecule has 3 atom stereocenters. The minimum absolute atomic E-state index is 0.0629. The van der Waals surface area contributed by atoms with Gasteiger partial charge in [-0.05, 0) is 19.1 Å². The Balaban J connectivity index is 1.88. The van der Waals surface area contributed by atoms with Gasteiger partial charge in [0.1, 0.15) is 12.0 Å². The molecular formula is C13H16N2O6. The Labute approximate surface area is 120 Å². The summed E-state index contributed by atoms with van der Waals surface area (Å²) in [7, 11) is 0. The van der Waals surface area contributed by atoms with Gasteiger partial charge in [-0.25, -0.2) is 0 Å². The Morgan fingerprint density at radius 3 is 2.76 bits per heavy atom. The van der Waals surface area contributed by atoms with E-state index in [2.05, 4.69) is 10.6 Å². The van der Waals surface area contributed by atoms with Crippen LogP contribution >= 0.6 is 0 Å². The topological polar surface area (TPSA) is 118 Å². The van der Waals surface area contributed by atoms with Crippen LogP contribution in [0.3, 0.4) is 0 Å². The van der Waals surface area contributed by atoms with Crippen LogP contribution in [-0.2, 0) is 14.3 Å². The van der Waals surface area contributed by atoms with Gasteiger partial charge in [-0.2, -0.15) is 0 Å². The lowest BCUT2D eigenvalue weighted by atomic mass is 10.0. The van der Waals surface area contributed by atoms with Gasteiger partial charge in [0, 0.05) is 0 Å². The molecule has 2 rings (SSSR count). The van der Waals surface area contributed by atoms with Crippen LogP contribution in [0, 0.1) is 5.92 Å². The van der Waals surface area contributed by atoms with Gasteiger partial charge in [-0.15, -0.1) is 0 Å². The average molecular weight is 296 g/mol. The first-order valence-corrected chi connectivity index (χ1v) is 6.44. The molecule has 1 aliphatic heterocycles. The first kappa shape index (κ1) is 15.0. The van der Waals surface area contributed by atoms with E-state index >= 15 is 0 Å². The maximum atomic E-state index is 12.0. The predicted octanol–water partition coefficient (Wildman–Crippen LogP) is -0.386. The van der Waals surface area contributed by atoms with E-state index in [0.717, 1.165) is 0 Å². The molecule has 1 aromatic heterocycles. The van der Waals surface area contributed by atoms with E-state index in [0.29, 0.717) is 0 Å². The minimum atomic E-state index is -1.02. The van der Waals surface area contributed by atoms with Crippen molar-refractivity contribution in [2.45, 2.75) is 19.0 Å². The molecule has 0 bridgehead atoms. The number of nitrogens with one attached hydrogen (secondary N) is 2. The SMILES string of the molecule is CC(NC(=O)c1ccco1)C(=O)NC1COCC1C(=O)O. The van der Waals surface area contributed by atoms with Crippen LogP contribution in [0.25, 0.3) is 0 Å². The fourth-order valence-electron chi connectivity index (χ4n) is 1.99. The van der Waals surface area contributed by atoms with Crippen molar-refractivity contribution < 1.29 is 28.6 Å². The molecule has 2 amide bonds. The molecule has 114 valence electrons. The number of ether oxygens (including phenoxy) is 1. The maximum Gasteiger partial charge on any atom is 0.311 e. The fraction of sp³-hybridized carbons (Fsp3) is 0.462. The molecule has 1 saturated heterocycles. The number of carbonyl (C=O) groups is 3. The molecule has 0 spiro atoms. The number of carbonyl (C=O) groups excluding carboxylic acids is 2. The van der Waals surface area contributed by atoms with Gasteiger partial charge in [-0.3, -0.25) is 14.4 Å². The highest BCUT2D eigenvalue weighted by molar-refractivity contribution is 5.95. The van der Waals surface area contributed by atoms with Gasteiger partial charge >= 0.3 is 5.97 Å². The highest BCUT2D eigenvalue weighted by atomic mass is 16.5. The molecule has 0 aromatic carbocycles. The zero-order valence-corrected chi connectivity index (χ0v) is 11.4. The van der Waals surface area contributed by atoms with E-state index in [-0.39, 0.29) is 19.0 Å². The molecule has 8 heteroatoms. The summed E-state index contributed by atoms with van der Waals surface area (Å²) in [5.74, 6) is -2.69. The summed E-state index contributed by atoms with van der Waals surface area (Å²) in [6.07, 6.45) is 1.35. The Morgan fingerprint density at radius 2 is 2.14 bits per heavy atom. The fourth-order valence-corrected chi connectivity index (χ4v) is 1.99. The van der Waals surface area contributed by atoms with Crippen LogP contribution in [-0.4, -0.2) is 48.2 Å². The zero-order chi connectivity index (χ0) is 15.4. The quantitative estimate of drug-likeness (QED) is 0.681. The third-order valence-corrected chi connectivity index (χ3v) is 3.21.